The summed E-state index contributed by atoms with van der Waals surface area (Å²) in [4.78, 5) is 28.7. The number of rotatable bonds is 1. The summed E-state index contributed by atoms with van der Waals surface area (Å²) in [5.41, 5.74) is 0.755. The molecule has 25 heavy (non-hydrogen) atoms. The Kier molecular flexibility index (Phi) is 4.40. The van der Waals surface area contributed by atoms with E-state index in [9.17, 15) is 9.59 Å². The van der Waals surface area contributed by atoms with E-state index in [0.717, 1.165) is 31.1 Å². The maximum Gasteiger partial charge on any atom is 0.265 e. The standard InChI is InChI=1S/C20H26N2O3/c1-14(23)22-13-19(25-18-9-5-4-8-17(18)22)20(24)21-11-10-15-6-2-3-7-16(15)12-21/h4-5,8-9,15-16,19H,2-3,6-7,10-13H2,1H3/t15-,16-,19-/m1/s1. The molecule has 2 aliphatic heterocycles. The van der Waals surface area contributed by atoms with Crippen LogP contribution in [-0.4, -0.2) is 42.5 Å². The highest BCUT2D eigenvalue weighted by atomic mass is 16.5. The van der Waals surface area contributed by atoms with Crippen molar-refractivity contribution in [1.29, 1.82) is 0 Å². The fourth-order valence-corrected chi connectivity index (χ4v) is 4.67. The molecule has 2 heterocycles. The summed E-state index contributed by atoms with van der Waals surface area (Å²) in [5, 5.41) is 0. The summed E-state index contributed by atoms with van der Waals surface area (Å²) in [5.74, 6) is 2.03. The fraction of sp³-hybridized carbons (Fsp3) is 0.600. The smallest absolute Gasteiger partial charge is 0.265 e. The van der Waals surface area contributed by atoms with Crippen molar-refractivity contribution < 1.29 is 14.3 Å². The van der Waals surface area contributed by atoms with Gasteiger partial charge in [0.2, 0.25) is 5.91 Å². The van der Waals surface area contributed by atoms with Gasteiger partial charge >= 0.3 is 0 Å². The predicted molar refractivity (Wildman–Crippen MR) is 95.5 cm³/mol. The molecular formula is C20H26N2O3. The van der Waals surface area contributed by atoms with Crippen LogP contribution in [0, 0.1) is 11.8 Å². The lowest BCUT2D eigenvalue weighted by Crippen LogP contribution is -2.54. The summed E-state index contributed by atoms with van der Waals surface area (Å²) in [6.45, 7) is 3.51. The zero-order valence-corrected chi connectivity index (χ0v) is 14.8. The van der Waals surface area contributed by atoms with Gasteiger partial charge in [0.05, 0.1) is 12.2 Å². The molecule has 3 aliphatic rings. The number of ether oxygens (including phenoxy) is 1. The molecule has 3 atom stereocenters. The molecule has 2 fully saturated rings. The number of likely N-dealkylation sites (tertiary alicyclic amines) is 1. The minimum absolute atomic E-state index is 0.0322. The van der Waals surface area contributed by atoms with Crippen LogP contribution in [0.1, 0.15) is 39.0 Å². The number of fused-ring (bicyclic) bond motifs is 2. The normalized spacial score (nSPS) is 28.6. The Morgan fingerprint density at radius 2 is 1.80 bits per heavy atom. The van der Waals surface area contributed by atoms with E-state index in [1.54, 1.807) is 4.90 Å². The second-order valence-electron chi connectivity index (χ2n) is 7.58. The summed E-state index contributed by atoms with van der Waals surface area (Å²) >= 11 is 0. The lowest BCUT2D eigenvalue weighted by Gasteiger charge is -2.43. The molecule has 1 aromatic carbocycles. The molecule has 1 aliphatic carbocycles. The highest BCUT2D eigenvalue weighted by molar-refractivity contribution is 5.95. The van der Waals surface area contributed by atoms with Gasteiger partial charge in [0.15, 0.2) is 6.10 Å². The highest BCUT2D eigenvalue weighted by Gasteiger charge is 2.39. The Labute approximate surface area is 148 Å². The van der Waals surface area contributed by atoms with Crippen LogP contribution in [0.5, 0.6) is 5.75 Å². The number of hydrogen-bond acceptors (Lipinski definition) is 3. The second-order valence-corrected chi connectivity index (χ2v) is 7.58. The first-order chi connectivity index (χ1) is 12.1. The van der Waals surface area contributed by atoms with E-state index >= 15 is 0 Å². The molecule has 0 N–H and O–H groups in total. The van der Waals surface area contributed by atoms with Crippen molar-refractivity contribution in [3.05, 3.63) is 24.3 Å². The molecule has 4 rings (SSSR count). The van der Waals surface area contributed by atoms with Crippen LogP contribution in [0.15, 0.2) is 24.3 Å². The first-order valence-electron chi connectivity index (χ1n) is 9.46. The van der Waals surface area contributed by atoms with E-state index in [4.69, 9.17) is 4.74 Å². The van der Waals surface area contributed by atoms with Gasteiger partial charge in [0.25, 0.3) is 5.91 Å². The average Bonchev–Trinajstić information content (AvgIpc) is 2.66. The van der Waals surface area contributed by atoms with Crippen LogP contribution < -0.4 is 9.64 Å². The summed E-state index contributed by atoms with van der Waals surface area (Å²) < 4.78 is 5.98. The van der Waals surface area contributed by atoms with E-state index in [0.29, 0.717) is 18.2 Å². The third-order valence-corrected chi connectivity index (χ3v) is 6.03. The number of anilines is 1. The van der Waals surface area contributed by atoms with E-state index < -0.39 is 6.10 Å². The van der Waals surface area contributed by atoms with Gasteiger partial charge in [-0.05, 0) is 36.8 Å². The Balaban J connectivity index is 1.50. The number of piperidine rings is 1. The lowest BCUT2D eigenvalue weighted by atomic mass is 9.75. The van der Waals surface area contributed by atoms with Crippen LogP contribution in [0.2, 0.25) is 0 Å². The van der Waals surface area contributed by atoms with Crippen molar-refractivity contribution in [2.45, 2.75) is 45.1 Å². The van der Waals surface area contributed by atoms with Gasteiger partial charge in [-0.3, -0.25) is 9.59 Å². The van der Waals surface area contributed by atoms with Gasteiger partial charge in [-0.1, -0.05) is 31.4 Å². The Bertz CT molecular complexity index is 675. The van der Waals surface area contributed by atoms with Crippen LogP contribution >= 0.6 is 0 Å². The topological polar surface area (TPSA) is 49.9 Å². The minimum Gasteiger partial charge on any atom is -0.476 e. The van der Waals surface area contributed by atoms with Crippen molar-refractivity contribution in [3.8, 4) is 5.75 Å². The Morgan fingerprint density at radius 1 is 1.04 bits per heavy atom. The quantitative estimate of drug-likeness (QED) is 0.788. The monoisotopic (exact) mass is 342 g/mol. The highest BCUT2D eigenvalue weighted by Crippen LogP contribution is 2.37. The molecule has 134 valence electrons. The van der Waals surface area contributed by atoms with E-state index in [2.05, 4.69) is 0 Å². The van der Waals surface area contributed by atoms with E-state index in [1.807, 2.05) is 29.2 Å². The van der Waals surface area contributed by atoms with Gasteiger partial charge in [0, 0.05) is 20.0 Å². The Hall–Kier alpha value is -2.04. The van der Waals surface area contributed by atoms with Crippen LogP contribution in [-0.2, 0) is 9.59 Å². The van der Waals surface area contributed by atoms with E-state index in [1.165, 1.54) is 32.6 Å². The van der Waals surface area contributed by atoms with Gasteiger partial charge in [-0.15, -0.1) is 0 Å². The average molecular weight is 342 g/mol. The zero-order chi connectivity index (χ0) is 17.4. The number of benzene rings is 1. The van der Waals surface area contributed by atoms with Crippen molar-refractivity contribution in [3.63, 3.8) is 0 Å². The first kappa shape index (κ1) is 16.4. The lowest BCUT2D eigenvalue weighted by molar-refractivity contribution is -0.142. The van der Waals surface area contributed by atoms with Crippen LogP contribution in [0.3, 0.4) is 0 Å². The Morgan fingerprint density at radius 3 is 2.60 bits per heavy atom. The van der Waals surface area contributed by atoms with Crippen molar-refractivity contribution in [2.75, 3.05) is 24.5 Å². The number of hydrogen-bond donors (Lipinski definition) is 0. The number of amides is 2. The number of nitrogens with zero attached hydrogens (tertiary/aromatic N) is 2. The van der Waals surface area contributed by atoms with Crippen molar-refractivity contribution in [1.82, 2.24) is 4.90 Å². The molecule has 0 aromatic heterocycles. The number of para-hydroxylation sites is 2. The largest absolute Gasteiger partial charge is 0.476 e. The molecule has 5 heteroatoms. The summed E-state index contributed by atoms with van der Waals surface area (Å²) in [6.07, 6.45) is 5.69. The zero-order valence-electron chi connectivity index (χ0n) is 14.8. The SMILES string of the molecule is CC(=O)N1C[C@H](C(=O)N2CC[C@H]3CCCC[C@@H]3C2)Oc2ccccc21. The molecular weight excluding hydrogens is 316 g/mol. The second kappa shape index (κ2) is 6.70. The first-order valence-corrected chi connectivity index (χ1v) is 9.46. The molecule has 5 nitrogen and oxygen atoms in total. The van der Waals surface area contributed by atoms with Gasteiger partial charge in [-0.25, -0.2) is 0 Å². The molecule has 0 radical (unpaired) electrons. The number of carbonyl (C=O) groups is 2. The third kappa shape index (κ3) is 3.12. The van der Waals surface area contributed by atoms with Gasteiger partial charge in [-0.2, -0.15) is 0 Å². The maximum atomic E-state index is 13.1. The molecule has 0 bridgehead atoms. The van der Waals surface area contributed by atoms with E-state index in [-0.39, 0.29) is 11.8 Å². The minimum atomic E-state index is -0.598. The molecule has 0 unspecified atom stereocenters. The third-order valence-electron chi connectivity index (χ3n) is 6.03. The number of carbonyl (C=O) groups excluding carboxylic acids is 2. The molecule has 1 saturated heterocycles. The maximum absolute atomic E-state index is 13.1. The van der Waals surface area contributed by atoms with Crippen LogP contribution in [0.25, 0.3) is 0 Å². The predicted octanol–water partition coefficient (Wildman–Crippen LogP) is 2.84. The van der Waals surface area contributed by atoms with Crippen LogP contribution in [0.4, 0.5) is 5.69 Å². The summed E-state index contributed by atoms with van der Waals surface area (Å²) in [6, 6.07) is 7.45. The van der Waals surface area contributed by atoms with Gasteiger partial charge in [0.1, 0.15) is 5.75 Å². The molecule has 1 aromatic rings. The molecule has 1 saturated carbocycles. The summed E-state index contributed by atoms with van der Waals surface area (Å²) in [7, 11) is 0. The molecule has 0 spiro atoms. The van der Waals surface area contributed by atoms with Crippen molar-refractivity contribution >= 4 is 17.5 Å². The van der Waals surface area contributed by atoms with Gasteiger partial charge < -0.3 is 14.5 Å². The van der Waals surface area contributed by atoms with Crippen molar-refractivity contribution in [2.24, 2.45) is 11.8 Å². The molecule has 2 amide bonds. The fourth-order valence-electron chi connectivity index (χ4n) is 4.67.